The number of amides is 2. The van der Waals surface area contributed by atoms with Crippen LogP contribution in [0.3, 0.4) is 0 Å². The first kappa shape index (κ1) is 13.9. The zero-order valence-electron chi connectivity index (χ0n) is 9.51. The molecule has 4 N–H and O–H groups in total. The first-order chi connectivity index (χ1) is 7.07. The van der Waals surface area contributed by atoms with Gasteiger partial charge in [0.15, 0.2) is 0 Å². The first-order valence-electron chi connectivity index (χ1n) is 5.34. The molecule has 1 unspecified atom stereocenters. The van der Waals surface area contributed by atoms with Gasteiger partial charge < -0.3 is 16.4 Å². The summed E-state index contributed by atoms with van der Waals surface area (Å²) in [5.74, 6) is -0.474. The number of hydrogen-bond acceptors (Lipinski definition) is 3. The van der Waals surface area contributed by atoms with Crippen molar-refractivity contribution in [1.29, 1.82) is 0 Å². The predicted octanol–water partition coefficient (Wildman–Crippen LogP) is -0.386. The first-order valence-corrected chi connectivity index (χ1v) is 5.34. The minimum Gasteiger partial charge on any atom is -0.369 e. The van der Waals surface area contributed by atoms with Gasteiger partial charge in [-0.1, -0.05) is 13.8 Å². The van der Waals surface area contributed by atoms with Crippen molar-refractivity contribution in [3.05, 3.63) is 0 Å². The highest BCUT2D eigenvalue weighted by Crippen LogP contribution is 1.89. The molecule has 0 saturated heterocycles. The Morgan fingerprint density at radius 2 is 2.00 bits per heavy atom. The minimum atomic E-state index is -0.321. The third-order valence-corrected chi connectivity index (χ3v) is 2.04. The monoisotopic (exact) mass is 215 g/mol. The lowest BCUT2D eigenvalue weighted by atomic mass is 10.2. The summed E-state index contributed by atoms with van der Waals surface area (Å²) >= 11 is 0. The molecular formula is C10H21N3O2. The van der Waals surface area contributed by atoms with E-state index < -0.39 is 0 Å². The van der Waals surface area contributed by atoms with Crippen molar-refractivity contribution < 1.29 is 9.59 Å². The highest BCUT2D eigenvalue weighted by molar-refractivity contribution is 5.76. The fourth-order valence-corrected chi connectivity index (χ4v) is 0.974. The minimum absolute atomic E-state index is 0.0380. The van der Waals surface area contributed by atoms with Crippen molar-refractivity contribution in [1.82, 2.24) is 10.6 Å². The number of carbonyl (C=O) groups excluding carboxylic acids is 2. The van der Waals surface area contributed by atoms with E-state index in [1.807, 2.05) is 6.92 Å². The van der Waals surface area contributed by atoms with E-state index in [1.54, 1.807) is 6.92 Å². The van der Waals surface area contributed by atoms with Crippen molar-refractivity contribution in [3.8, 4) is 0 Å². The predicted molar refractivity (Wildman–Crippen MR) is 59.1 cm³/mol. The van der Waals surface area contributed by atoms with Crippen LogP contribution in [0.5, 0.6) is 0 Å². The van der Waals surface area contributed by atoms with E-state index >= 15 is 0 Å². The van der Waals surface area contributed by atoms with Crippen LogP contribution >= 0.6 is 0 Å². The van der Waals surface area contributed by atoms with Gasteiger partial charge in [-0.05, 0) is 6.42 Å². The summed E-state index contributed by atoms with van der Waals surface area (Å²) in [4.78, 5) is 21.8. The van der Waals surface area contributed by atoms with Gasteiger partial charge in [-0.25, -0.2) is 0 Å². The fourth-order valence-electron chi connectivity index (χ4n) is 0.974. The summed E-state index contributed by atoms with van der Waals surface area (Å²) in [7, 11) is 0. The molecule has 0 aliphatic rings. The van der Waals surface area contributed by atoms with Crippen molar-refractivity contribution in [2.24, 2.45) is 11.7 Å². The molecule has 0 aromatic heterocycles. The van der Waals surface area contributed by atoms with Crippen molar-refractivity contribution >= 4 is 11.8 Å². The highest BCUT2D eigenvalue weighted by Gasteiger charge is 2.07. The van der Waals surface area contributed by atoms with Gasteiger partial charge in [-0.3, -0.25) is 9.59 Å². The van der Waals surface area contributed by atoms with E-state index in [0.717, 1.165) is 13.0 Å². The molecule has 0 aliphatic carbocycles. The van der Waals surface area contributed by atoms with E-state index in [0.29, 0.717) is 19.5 Å². The normalized spacial score (nSPS) is 12.1. The van der Waals surface area contributed by atoms with Crippen LogP contribution in [0.25, 0.3) is 0 Å². The van der Waals surface area contributed by atoms with Gasteiger partial charge in [0.1, 0.15) is 0 Å². The lowest BCUT2D eigenvalue weighted by Gasteiger charge is -2.08. The molecule has 88 valence electrons. The average Bonchev–Trinajstić information content (AvgIpc) is 2.20. The Morgan fingerprint density at radius 3 is 2.53 bits per heavy atom. The lowest BCUT2D eigenvalue weighted by molar-refractivity contribution is -0.121. The second kappa shape index (κ2) is 8.23. The standard InChI is InChI=1S/C10H21N3O2/c1-3-5-13-9(14)4-6-12-7-8(2)10(11)15/h8,12H,3-7H2,1-2H3,(H2,11,15)(H,13,14). The largest absolute Gasteiger partial charge is 0.369 e. The molecule has 0 aromatic carbocycles. The van der Waals surface area contributed by atoms with Gasteiger partial charge in [0.25, 0.3) is 0 Å². The maximum absolute atomic E-state index is 11.1. The van der Waals surface area contributed by atoms with Crippen LogP contribution in [0.15, 0.2) is 0 Å². The molecule has 0 bridgehead atoms. The Labute approximate surface area is 90.8 Å². The highest BCUT2D eigenvalue weighted by atomic mass is 16.2. The third kappa shape index (κ3) is 7.93. The van der Waals surface area contributed by atoms with Crippen LogP contribution in [0, 0.1) is 5.92 Å². The zero-order valence-corrected chi connectivity index (χ0v) is 9.51. The summed E-state index contributed by atoms with van der Waals surface area (Å²) in [5.41, 5.74) is 5.09. The molecule has 0 heterocycles. The van der Waals surface area contributed by atoms with Gasteiger partial charge in [0.05, 0.1) is 0 Å². The summed E-state index contributed by atoms with van der Waals surface area (Å²) < 4.78 is 0. The molecule has 0 radical (unpaired) electrons. The summed E-state index contributed by atoms with van der Waals surface area (Å²) in [5, 5.41) is 5.78. The van der Waals surface area contributed by atoms with E-state index in [-0.39, 0.29) is 17.7 Å². The molecule has 1 atom stereocenters. The topological polar surface area (TPSA) is 84.2 Å². The van der Waals surface area contributed by atoms with Crippen molar-refractivity contribution in [2.45, 2.75) is 26.7 Å². The Bertz CT molecular complexity index is 207. The smallest absolute Gasteiger partial charge is 0.221 e. The Morgan fingerprint density at radius 1 is 1.33 bits per heavy atom. The van der Waals surface area contributed by atoms with Crippen molar-refractivity contribution in [3.63, 3.8) is 0 Å². The zero-order chi connectivity index (χ0) is 11.7. The molecule has 0 aromatic rings. The summed E-state index contributed by atoms with van der Waals surface area (Å²) in [6, 6.07) is 0. The van der Waals surface area contributed by atoms with Gasteiger partial charge in [-0.2, -0.15) is 0 Å². The Balaban J connectivity index is 3.38. The van der Waals surface area contributed by atoms with Crippen LogP contribution < -0.4 is 16.4 Å². The molecule has 5 heteroatoms. The SMILES string of the molecule is CCCNC(=O)CCNCC(C)C(N)=O. The van der Waals surface area contributed by atoms with E-state index in [2.05, 4.69) is 10.6 Å². The second-order valence-electron chi connectivity index (χ2n) is 3.61. The molecular weight excluding hydrogens is 194 g/mol. The van der Waals surface area contributed by atoms with Crippen LogP contribution in [-0.2, 0) is 9.59 Å². The maximum atomic E-state index is 11.1. The molecule has 5 nitrogen and oxygen atoms in total. The molecule has 0 fully saturated rings. The number of carbonyl (C=O) groups is 2. The summed E-state index contributed by atoms with van der Waals surface area (Å²) in [6.45, 7) is 5.58. The van der Waals surface area contributed by atoms with Gasteiger partial charge in [0, 0.05) is 32.0 Å². The Kier molecular flexibility index (Phi) is 7.62. The molecule has 0 aliphatic heterocycles. The fraction of sp³-hybridized carbons (Fsp3) is 0.800. The molecule has 0 spiro atoms. The number of nitrogens with one attached hydrogen (secondary N) is 2. The molecule has 2 amide bonds. The second-order valence-corrected chi connectivity index (χ2v) is 3.61. The number of nitrogens with two attached hydrogens (primary N) is 1. The quantitative estimate of drug-likeness (QED) is 0.482. The van der Waals surface area contributed by atoms with Gasteiger partial charge in [-0.15, -0.1) is 0 Å². The lowest BCUT2D eigenvalue weighted by Crippen LogP contribution is -2.33. The maximum Gasteiger partial charge on any atom is 0.221 e. The molecule has 0 saturated carbocycles. The average molecular weight is 215 g/mol. The number of rotatable bonds is 8. The number of primary amides is 1. The van der Waals surface area contributed by atoms with Crippen LogP contribution in [0.2, 0.25) is 0 Å². The van der Waals surface area contributed by atoms with Crippen LogP contribution in [0.4, 0.5) is 0 Å². The number of hydrogen-bond donors (Lipinski definition) is 3. The Hall–Kier alpha value is -1.10. The third-order valence-electron chi connectivity index (χ3n) is 2.04. The van der Waals surface area contributed by atoms with Crippen LogP contribution in [0.1, 0.15) is 26.7 Å². The van der Waals surface area contributed by atoms with Crippen molar-refractivity contribution in [2.75, 3.05) is 19.6 Å². The van der Waals surface area contributed by atoms with E-state index in [4.69, 9.17) is 5.73 Å². The van der Waals surface area contributed by atoms with Crippen LogP contribution in [-0.4, -0.2) is 31.4 Å². The van der Waals surface area contributed by atoms with Gasteiger partial charge >= 0.3 is 0 Å². The summed E-state index contributed by atoms with van der Waals surface area (Å²) in [6.07, 6.45) is 1.38. The molecule has 0 rings (SSSR count). The van der Waals surface area contributed by atoms with Gasteiger partial charge in [0.2, 0.25) is 11.8 Å². The van der Waals surface area contributed by atoms with E-state index in [9.17, 15) is 9.59 Å². The van der Waals surface area contributed by atoms with E-state index in [1.165, 1.54) is 0 Å². The molecule has 15 heavy (non-hydrogen) atoms.